The number of anilines is 1. The third-order valence-electron chi connectivity index (χ3n) is 13.5. The number of allylic oxidation sites excluding steroid dienone is 2. The Bertz CT molecular complexity index is 2190. The highest BCUT2D eigenvalue weighted by Crippen LogP contribution is 2.55. The summed E-state index contributed by atoms with van der Waals surface area (Å²) in [6.07, 6.45) is 9.75. The molecule has 0 spiro atoms. The van der Waals surface area contributed by atoms with Gasteiger partial charge in [0.25, 0.3) is 11.7 Å². The van der Waals surface area contributed by atoms with E-state index in [0.29, 0.717) is 19.1 Å². The summed E-state index contributed by atoms with van der Waals surface area (Å²) in [5.41, 5.74) is -0.293. The van der Waals surface area contributed by atoms with Crippen LogP contribution in [-0.2, 0) is 23.8 Å². The molecule has 1 saturated heterocycles. The van der Waals surface area contributed by atoms with E-state index >= 15 is 0 Å². The standard InChI is InChI=1S/C47H64N4O12/c1-24-13-12-14-25(2)46(59)49-37-32(23-48-51-20-18-50(19-21-51)31-15-10-11-16-31)41(56)34-35(42(37)57)40(55)29(6)44-36(34)45(58)47(8,63-44)61-22-17-33(60-9)26(3)43(62-30(7)52)28(5)39(54)27(4)38(24)53/h12-14,17,22-24,26-28,31,33,38-39,43,53-57H,10-11,15-16,18-21H2,1-9H3,(H,49,59)/b13-12-,22-17-,25-14-,48-23-/t24-,26+,27+,28+,33-,38-,39+,43+,47-/m0/s1. The fourth-order valence-electron chi connectivity index (χ4n) is 9.47. The van der Waals surface area contributed by atoms with Crippen LogP contribution < -0.4 is 10.1 Å². The molecule has 9 atom stereocenters. The number of benzene rings is 2. The number of ketones is 1. The van der Waals surface area contributed by atoms with Gasteiger partial charge >= 0.3 is 11.8 Å². The molecule has 0 unspecified atom stereocenters. The number of ether oxygens (including phenoxy) is 4. The number of nitrogens with zero attached hydrogens (tertiary/aromatic N) is 3. The van der Waals surface area contributed by atoms with E-state index in [2.05, 4.69) is 15.3 Å². The van der Waals surface area contributed by atoms with Gasteiger partial charge in [-0.25, -0.2) is 0 Å². The maximum atomic E-state index is 14.5. The molecule has 1 amide bonds. The zero-order valence-electron chi connectivity index (χ0n) is 37.8. The molecule has 2 aromatic rings. The first-order chi connectivity index (χ1) is 29.8. The lowest BCUT2D eigenvalue weighted by atomic mass is 9.78. The predicted molar refractivity (Wildman–Crippen MR) is 237 cm³/mol. The molecular formula is C47H64N4O12. The first-order valence-corrected chi connectivity index (χ1v) is 21.9. The molecule has 4 aliphatic heterocycles. The van der Waals surface area contributed by atoms with Crippen molar-refractivity contribution in [1.82, 2.24) is 9.91 Å². The summed E-state index contributed by atoms with van der Waals surface area (Å²) >= 11 is 0. The number of phenols is 3. The van der Waals surface area contributed by atoms with Gasteiger partial charge in [0.05, 0.1) is 53.0 Å². The van der Waals surface area contributed by atoms with Gasteiger partial charge in [-0.1, -0.05) is 58.8 Å². The summed E-state index contributed by atoms with van der Waals surface area (Å²) in [6.45, 7) is 15.4. The van der Waals surface area contributed by atoms with Crippen molar-refractivity contribution in [3.8, 4) is 23.0 Å². The van der Waals surface area contributed by atoms with E-state index in [-0.39, 0.29) is 44.5 Å². The number of fused-ring (bicyclic) bond motifs is 14. The van der Waals surface area contributed by atoms with E-state index in [4.69, 9.17) is 18.9 Å². The number of phenolic OH excluding ortho intramolecular Hbond substituents is 3. The third kappa shape index (κ3) is 9.40. The Morgan fingerprint density at radius 3 is 2.22 bits per heavy atom. The van der Waals surface area contributed by atoms with Crippen molar-refractivity contribution in [3.05, 3.63) is 52.8 Å². The normalized spacial score (nSPS) is 32.4. The number of hydrogen-bond donors (Lipinski definition) is 6. The van der Waals surface area contributed by atoms with E-state index in [1.165, 1.54) is 85.1 Å². The second-order valence-corrected chi connectivity index (χ2v) is 17.8. The highest BCUT2D eigenvalue weighted by molar-refractivity contribution is 6.23. The number of nitrogens with one attached hydrogen (secondary N) is 1. The number of rotatable bonds is 5. The lowest BCUT2D eigenvalue weighted by molar-refractivity contribution is -0.160. The number of amides is 1. The van der Waals surface area contributed by atoms with E-state index < -0.39 is 88.8 Å². The smallest absolute Gasteiger partial charge is 0.312 e. The summed E-state index contributed by atoms with van der Waals surface area (Å²) in [4.78, 5) is 43.2. The van der Waals surface area contributed by atoms with Gasteiger partial charge in [0.2, 0.25) is 0 Å². The van der Waals surface area contributed by atoms with Crippen molar-refractivity contribution in [2.75, 3.05) is 38.6 Å². The number of esters is 1. The number of methoxy groups -OCH3 is 1. The van der Waals surface area contributed by atoms with Gasteiger partial charge in [-0.15, -0.1) is 0 Å². The number of aromatic hydroxyl groups is 3. The Hall–Kier alpha value is -5.16. The quantitative estimate of drug-likeness (QED) is 0.0926. The third-order valence-corrected chi connectivity index (χ3v) is 13.5. The summed E-state index contributed by atoms with van der Waals surface area (Å²) in [5.74, 6) is -8.28. The molecule has 0 radical (unpaired) electrons. The molecule has 2 fully saturated rings. The Morgan fingerprint density at radius 1 is 0.921 bits per heavy atom. The van der Waals surface area contributed by atoms with E-state index in [9.17, 15) is 39.9 Å². The molecule has 2 aromatic carbocycles. The number of aliphatic hydroxyl groups excluding tert-OH is 2. The molecule has 7 rings (SSSR count). The number of carbonyl (C=O) groups excluding carboxylic acids is 3. The maximum absolute atomic E-state index is 14.5. The number of hydrazone groups is 1. The minimum Gasteiger partial charge on any atom is -0.507 e. The number of Topliss-reactive ketones (excluding diaryl/α,β-unsaturated/α-hetero) is 1. The Morgan fingerprint density at radius 2 is 1.59 bits per heavy atom. The molecule has 16 nitrogen and oxygen atoms in total. The van der Waals surface area contributed by atoms with Crippen LogP contribution in [-0.4, -0.2) is 129 Å². The average Bonchev–Trinajstić information content (AvgIpc) is 3.89. The van der Waals surface area contributed by atoms with Gasteiger partial charge < -0.3 is 49.8 Å². The minimum atomic E-state index is -2.04. The molecule has 1 aliphatic carbocycles. The van der Waals surface area contributed by atoms with Crippen molar-refractivity contribution in [3.63, 3.8) is 0 Å². The maximum Gasteiger partial charge on any atom is 0.312 e. The molecule has 1 saturated carbocycles. The molecule has 63 heavy (non-hydrogen) atoms. The molecular weight excluding hydrogens is 813 g/mol. The van der Waals surface area contributed by atoms with Gasteiger partial charge in [-0.3, -0.25) is 24.3 Å². The van der Waals surface area contributed by atoms with Crippen molar-refractivity contribution in [1.29, 1.82) is 0 Å². The Labute approximate surface area is 368 Å². The predicted octanol–water partition coefficient (Wildman–Crippen LogP) is 5.65. The van der Waals surface area contributed by atoms with Crippen LogP contribution in [0.2, 0.25) is 0 Å². The Balaban J connectivity index is 1.47. The summed E-state index contributed by atoms with van der Waals surface area (Å²) in [5, 5.41) is 67.6. The van der Waals surface area contributed by atoms with E-state index in [1.807, 2.05) is 5.01 Å². The molecule has 16 heteroatoms. The fraction of sp³-hybridized carbons (Fsp3) is 0.574. The molecule has 0 aromatic heterocycles. The number of carbonyl (C=O) groups is 3. The van der Waals surface area contributed by atoms with Gasteiger partial charge in [0.15, 0.2) is 5.75 Å². The molecule has 5 bridgehead atoms. The van der Waals surface area contributed by atoms with Crippen LogP contribution in [0.3, 0.4) is 0 Å². The monoisotopic (exact) mass is 876 g/mol. The summed E-state index contributed by atoms with van der Waals surface area (Å²) < 4.78 is 23.7. The second-order valence-electron chi connectivity index (χ2n) is 17.8. The van der Waals surface area contributed by atoms with Crippen molar-refractivity contribution in [2.45, 2.75) is 117 Å². The minimum absolute atomic E-state index is 0.0631. The number of aliphatic hydroxyl groups is 2. The largest absolute Gasteiger partial charge is 0.507 e. The second kappa shape index (κ2) is 19.3. The zero-order valence-corrected chi connectivity index (χ0v) is 37.8. The number of piperazine rings is 1. The highest BCUT2D eigenvalue weighted by Gasteiger charge is 2.50. The van der Waals surface area contributed by atoms with Gasteiger partial charge in [-0.2, -0.15) is 5.10 Å². The van der Waals surface area contributed by atoms with Crippen molar-refractivity contribution in [2.24, 2.45) is 28.8 Å². The van der Waals surface area contributed by atoms with Crippen LogP contribution >= 0.6 is 0 Å². The first kappa shape index (κ1) is 47.3. The Kier molecular flexibility index (Phi) is 14.5. The highest BCUT2D eigenvalue weighted by atomic mass is 16.7. The summed E-state index contributed by atoms with van der Waals surface area (Å²) in [6, 6.07) is 0.553. The topological polar surface area (TPSA) is 220 Å². The lowest BCUT2D eigenvalue weighted by Crippen LogP contribution is -2.47. The van der Waals surface area contributed by atoms with Crippen LogP contribution in [0.4, 0.5) is 5.69 Å². The molecule has 344 valence electrons. The van der Waals surface area contributed by atoms with Crippen LogP contribution in [0.1, 0.15) is 95.6 Å². The molecule has 6 N–H and O–H groups in total. The molecule has 4 heterocycles. The summed E-state index contributed by atoms with van der Waals surface area (Å²) in [7, 11) is 1.44. The van der Waals surface area contributed by atoms with Crippen molar-refractivity contribution >= 4 is 40.3 Å². The van der Waals surface area contributed by atoms with Crippen LogP contribution in [0.15, 0.2) is 41.2 Å². The van der Waals surface area contributed by atoms with Crippen LogP contribution in [0.5, 0.6) is 23.0 Å². The van der Waals surface area contributed by atoms with E-state index in [0.717, 1.165) is 13.1 Å². The first-order valence-electron chi connectivity index (χ1n) is 21.9. The number of hydrogen-bond acceptors (Lipinski definition) is 15. The van der Waals surface area contributed by atoms with Crippen molar-refractivity contribution < 1.29 is 58.9 Å². The molecule has 5 aliphatic rings. The lowest BCUT2D eigenvalue weighted by Gasteiger charge is -2.38. The van der Waals surface area contributed by atoms with Gasteiger partial charge in [0, 0.05) is 93.4 Å². The van der Waals surface area contributed by atoms with Gasteiger partial charge in [-0.05, 0) is 32.8 Å². The average molecular weight is 877 g/mol. The van der Waals surface area contributed by atoms with Crippen LogP contribution in [0.25, 0.3) is 10.8 Å². The van der Waals surface area contributed by atoms with E-state index in [1.54, 1.807) is 39.8 Å². The van der Waals surface area contributed by atoms with Crippen LogP contribution in [0, 0.1) is 30.6 Å². The zero-order chi connectivity index (χ0) is 46.1. The SMILES string of the molecule is CO[C@H]1/C=C\O[C@@]2(C)Oc3c(C)c(O)c4c(O)c(c(/C=N\N5CCN(C6CCCC6)CC5)c(O)c4c3C2=O)NC(=O)/C(C)=C\C=C/[C@H](C)[C@H](O)[C@@H](C)[C@@H](O)[C@@H](C)[C@H](OC(C)=O)[C@@H]1C. The fourth-order valence-corrected chi connectivity index (χ4v) is 9.47. The van der Waals surface area contributed by atoms with Gasteiger partial charge in [0.1, 0.15) is 23.4 Å².